The summed E-state index contributed by atoms with van der Waals surface area (Å²) in [7, 11) is 1.91. The topological polar surface area (TPSA) is 69.0 Å². The van der Waals surface area contributed by atoms with Crippen LogP contribution in [0.1, 0.15) is 37.8 Å². The van der Waals surface area contributed by atoms with Crippen LogP contribution in [-0.4, -0.2) is 64.4 Å². The van der Waals surface area contributed by atoms with E-state index in [4.69, 9.17) is 19.3 Å². The minimum atomic E-state index is -0.605. The number of benzene rings is 2. The van der Waals surface area contributed by atoms with Gasteiger partial charge in [0.05, 0.1) is 30.5 Å². The molecule has 1 aliphatic rings. The molecule has 36 heavy (non-hydrogen) atoms. The van der Waals surface area contributed by atoms with Crippen molar-refractivity contribution < 1.29 is 19.3 Å². The van der Waals surface area contributed by atoms with Gasteiger partial charge in [-0.3, -0.25) is 4.90 Å². The number of aliphatic hydroxyl groups excluding tert-OH is 1. The quantitative estimate of drug-likeness (QED) is 0.385. The van der Waals surface area contributed by atoms with Crippen LogP contribution >= 0.6 is 0 Å². The van der Waals surface area contributed by atoms with Gasteiger partial charge in [-0.1, -0.05) is 48.0 Å². The predicted octanol–water partition coefficient (Wildman–Crippen LogP) is 4.95. The summed E-state index contributed by atoms with van der Waals surface area (Å²) in [6, 6.07) is 18.2. The maximum Gasteiger partial charge on any atom is 0.222 e. The van der Waals surface area contributed by atoms with Crippen LogP contribution in [0.2, 0.25) is 0 Å². The van der Waals surface area contributed by atoms with Crippen molar-refractivity contribution in [3.8, 4) is 22.9 Å². The Morgan fingerprint density at radius 1 is 1.14 bits per heavy atom. The fourth-order valence-electron chi connectivity index (χ4n) is 4.53. The maximum absolute atomic E-state index is 10.8. The van der Waals surface area contributed by atoms with E-state index in [0.717, 1.165) is 48.6 Å². The van der Waals surface area contributed by atoms with Gasteiger partial charge in [0.15, 0.2) is 0 Å². The van der Waals surface area contributed by atoms with Crippen LogP contribution in [0, 0.1) is 6.92 Å². The molecule has 0 bridgehead atoms. The highest BCUT2D eigenvalue weighted by Crippen LogP contribution is 2.34. The lowest BCUT2D eigenvalue weighted by atomic mass is 10.1. The zero-order valence-electron chi connectivity index (χ0n) is 21.9. The molecule has 0 radical (unpaired) electrons. The summed E-state index contributed by atoms with van der Waals surface area (Å²) in [6.07, 6.45) is 1.72. The second-order valence-corrected chi connectivity index (χ2v) is 9.90. The lowest BCUT2D eigenvalue weighted by Crippen LogP contribution is -2.39. The van der Waals surface area contributed by atoms with Crippen LogP contribution < -0.4 is 4.74 Å². The highest BCUT2D eigenvalue weighted by molar-refractivity contribution is 5.65. The van der Waals surface area contributed by atoms with Crippen LogP contribution in [0.15, 0.2) is 54.6 Å². The van der Waals surface area contributed by atoms with Gasteiger partial charge in [-0.05, 0) is 45.7 Å². The molecule has 0 amide bonds. The van der Waals surface area contributed by atoms with E-state index in [-0.39, 0.29) is 12.2 Å². The molecule has 0 spiro atoms. The molecule has 1 N–H and O–H groups in total. The number of aryl methyl sites for hydroxylation is 2. The Morgan fingerprint density at radius 3 is 2.56 bits per heavy atom. The van der Waals surface area contributed by atoms with E-state index < -0.39 is 6.10 Å². The Morgan fingerprint density at radius 2 is 1.89 bits per heavy atom. The van der Waals surface area contributed by atoms with Gasteiger partial charge in [0.1, 0.15) is 11.4 Å². The second kappa shape index (κ2) is 12.5. The van der Waals surface area contributed by atoms with E-state index in [1.165, 1.54) is 5.56 Å². The van der Waals surface area contributed by atoms with Gasteiger partial charge < -0.3 is 19.3 Å². The minimum absolute atomic E-state index is 0.0729. The van der Waals surface area contributed by atoms with Crippen molar-refractivity contribution in [2.45, 2.75) is 58.5 Å². The number of rotatable bonds is 12. The summed E-state index contributed by atoms with van der Waals surface area (Å²) in [5.74, 6) is 1.46. The molecular formula is C29H39N3O4. The van der Waals surface area contributed by atoms with E-state index >= 15 is 0 Å². The molecule has 0 saturated carbocycles. The van der Waals surface area contributed by atoms with Crippen molar-refractivity contribution in [3.05, 3.63) is 65.7 Å². The van der Waals surface area contributed by atoms with Crippen molar-refractivity contribution in [3.63, 3.8) is 0 Å². The van der Waals surface area contributed by atoms with Gasteiger partial charge in [0.2, 0.25) is 5.88 Å². The first-order valence-corrected chi connectivity index (χ1v) is 12.9. The second-order valence-electron chi connectivity index (χ2n) is 9.90. The summed E-state index contributed by atoms with van der Waals surface area (Å²) in [4.78, 5) is 2.25. The molecule has 0 aliphatic carbocycles. The van der Waals surface area contributed by atoms with Gasteiger partial charge in [0, 0.05) is 38.9 Å². The SMILES string of the molecule is Cc1ccc(Oc2c(CN(C[C@@H](O)COC(C)C)C[C@@H]3CCCO3)c(-c3ccccc3)nn2C)cc1. The summed E-state index contributed by atoms with van der Waals surface area (Å²) in [6.45, 7) is 8.88. The molecular weight excluding hydrogens is 454 g/mol. The van der Waals surface area contributed by atoms with Crippen molar-refractivity contribution in [2.24, 2.45) is 7.05 Å². The van der Waals surface area contributed by atoms with Gasteiger partial charge in [-0.25, -0.2) is 4.68 Å². The maximum atomic E-state index is 10.8. The predicted molar refractivity (Wildman–Crippen MR) is 141 cm³/mol. The Balaban J connectivity index is 1.65. The van der Waals surface area contributed by atoms with Gasteiger partial charge in [-0.15, -0.1) is 0 Å². The zero-order valence-corrected chi connectivity index (χ0v) is 21.9. The third-order valence-corrected chi connectivity index (χ3v) is 6.33. The molecule has 2 atom stereocenters. The zero-order chi connectivity index (χ0) is 25.5. The Labute approximate surface area is 214 Å². The number of ether oxygens (including phenoxy) is 3. The Hall–Kier alpha value is -2.71. The first-order chi connectivity index (χ1) is 17.4. The monoisotopic (exact) mass is 493 g/mol. The standard InChI is InChI=1S/C29H39N3O4/c1-21(2)35-20-24(33)17-32(18-26-11-8-16-34-26)19-27-28(23-9-6-5-7-10-23)30-31(4)29(27)36-25-14-12-22(3)13-15-25/h5-7,9-10,12-15,21,24,26,33H,8,11,16-20H2,1-4H3/t24-,26+/m1/s1. The summed E-state index contributed by atoms with van der Waals surface area (Å²) < 4.78 is 19.8. The average molecular weight is 494 g/mol. The number of hydrogen-bond donors (Lipinski definition) is 1. The van der Waals surface area contributed by atoms with Gasteiger partial charge in [0.25, 0.3) is 0 Å². The van der Waals surface area contributed by atoms with Crippen molar-refractivity contribution in [1.29, 1.82) is 0 Å². The average Bonchev–Trinajstić information content (AvgIpc) is 3.48. The lowest BCUT2D eigenvalue weighted by Gasteiger charge is -2.28. The largest absolute Gasteiger partial charge is 0.439 e. The third kappa shape index (κ3) is 7.17. The molecule has 1 aromatic heterocycles. The van der Waals surface area contributed by atoms with Gasteiger partial charge >= 0.3 is 0 Å². The molecule has 7 nitrogen and oxygen atoms in total. The minimum Gasteiger partial charge on any atom is -0.439 e. The number of aliphatic hydroxyl groups is 1. The van der Waals surface area contributed by atoms with Crippen molar-refractivity contribution in [1.82, 2.24) is 14.7 Å². The first-order valence-electron chi connectivity index (χ1n) is 12.9. The number of hydrogen-bond acceptors (Lipinski definition) is 6. The van der Waals surface area contributed by atoms with Gasteiger partial charge in [-0.2, -0.15) is 5.10 Å². The Bertz CT molecular complexity index is 1080. The third-order valence-electron chi connectivity index (χ3n) is 6.33. The summed E-state index contributed by atoms with van der Waals surface area (Å²) in [5, 5.41) is 15.6. The molecule has 0 unspecified atom stereocenters. The molecule has 3 aromatic rings. The lowest BCUT2D eigenvalue weighted by molar-refractivity contribution is -0.0172. The van der Waals surface area contributed by atoms with E-state index in [2.05, 4.69) is 24.0 Å². The van der Waals surface area contributed by atoms with E-state index in [9.17, 15) is 5.11 Å². The smallest absolute Gasteiger partial charge is 0.222 e. The Kier molecular flexibility index (Phi) is 9.15. The molecule has 4 rings (SSSR count). The van der Waals surface area contributed by atoms with Crippen molar-refractivity contribution >= 4 is 0 Å². The normalized spacial score (nSPS) is 16.7. The van der Waals surface area contributed by atoms with Crippen LogP contribution in [0.4, 0.5) is 0 Å². The highest BCUT2D eigenvalue weighted by atomic mass is 16.5. The molecule has 7 heteroatoms. The summed E-state index contributed by atoms with van der Waals surface area (Å²) >= 11 is 0. The van der Waals surface area contributed by atoms with E-state index in [1.807, 2.05) is 63.4 Å². The molecule has 1 saturated heterocycles. The molecule has 1 aliphatic heterocycles. The fourth-order valence-corrected chi connectivity index (χ4v) is 4.53. The molecule has 2 aromatic carbocycles. The van der Waals surface area contributed by atoms with Crippen LogP contribution in [-0.2, 0) is 23.1 Å². The first kappa shape index (κ1) is 26.4. The van der Waals surface area contributed by atoms with Crippen LogP contribution in [0.5, 0.6) is 11.6 Å². The summed E-state index contributed by atoms with van der Waals surface area (Å²) in [5.41, 5.74) is 4.07. The van der Waals surface area contributed by atoms with E-state index in [1.54, 1.807) is 4.68 Å². The van der Waals surface area contributed by atoms with Crippen LogP contribution in [0.25, 0.3) is 11.3 Å². The number of aromatic nitrogens is 2. The van der Waals surface area contributed by atoms with E-state index in [0.29, 0.717) is 25.6 Å². The molecule has 2 heterocycles. The molecule has 1 fully saturated rings. The van der Waals surface area contributed by atoms with Crippen molar-refractivity contribution in [2.75, 3.05) is 26.3 Å². The fraction of sp³-hybridized carbons (Fsp3) is 0.483. The molecule has 194 valence electrons. The highest BCUT2D eigenvalue weighted by Gasteiger charge is 2.26. The van der Waals surface area contributed by atoms with Crippen LogP contribution in [0.3, 0.4) is 0 Å². The number of nitrogens with zero attached hydrogens (tertiary/aromatic N) is 3.